The first-order chi connectivity index (χ1) is 14.1. The molecule has 1 N–H and O–H groups in total. The van der Waals surface area contributed by atoms with Gasteiger partial charge in [0.05, 0.1) is 13.2 Å². The summed E-state index contributed by atoms with van der Waals surface area (Å²) in [4.78, 5) is 24.9. The van der Waals surface area contributed by atoms with Gasteiger partial charge in [-0.05, 0) is 24.1 Å². The SMILES string of the molecule is CCCCO[PH](=O)OC[C@H](NC(=O)c1ccccc1)C(=O)OCc1ccccc1. The molecule has 0 heterocycles. The number of benzene rings is 2. The molecule has 8 heteroatoms. The van der Waals surface area contributed by atoms with E-state index in [0.717, 1.165) is 18.4 Å². The summed E-state index contributed by atoms with van der Waals surface area (Å²) in [5.74, 6) is -1.14. The second-order valence-electron chi connectivity index (χ2n) is 6.25. The average molecular weight is 419 g/mol. The number of esters is 1. The summed E-state index contributed by atoms with van der Waals surface area (Å²) in [7, 11) is -2.76. The Morgan fingerprint density at radius 1 is 1.00 bits per heavy atom. The number of rotatable bonds is 12. The lowest BCUT2D eigenvalue weighted by molar-refractivity contribution is -0.148. The van der Waals surface area contributed by atoms with E-state index in [1.165, 1.54) is 0 Å². The zero-order valence-corrected chi connectivity index (χ0v) is 17.3. The van der Waals surface area contributed by atoms with Crippen molar-refractivity contribution in [3.8, 4) is 0 Å². The maximum absolute atomic E-state index is 12.5. The van der Waals surface area contributed by atoms with Crippen LogP contribution in [0.15, 0.2) is 60.7 Å². The molecule has 2 aromatic carbocycles. The van der Waals surface area contributed by atoms with E-state index in [0.29, 0.717) is 12.2 Å². The molecule has 0 aliphatic rings. The molecule has 2 atom stereocenters. The summed E-state index contributed by atoms with van der Waals surface area (Å²) < 4.78 is 27.4. The summed E-state index contributed by atoms with van der Waals surface area (Å²) in [6.07, 6.45) is 1.66. The van der Waals surface area contributed by atoms with E-state index < -0.39 is 26.2 Å². The Kier molecular flexibility index (Phi) is 10.1. The molecule has 0 aliphatic heterocycles. The van der Waals surface area contributed by atoms with Crippen molar-refractivity contribution in [3.63, 3.8) is 0 Å². The Labute approximate surface area is 171 Å². The highest BCUT2D eigenvalue weighted by Crippen LogP contribution is 2.24. The summed E-state index contributed by atoms with van der Waals surface area (Å²) >= 11 is 0. The van der Waals surface area contributed by atoms with Crippen molar-refractivity contribution >= 4 is 20.1 Å². The molecule has 2 rings (SSSR count). The maximum atomic E-state index is 12.5. The molecule has 7 nitrogen and oxygen atoms in total. The zero-order valence-electron chi connectivity index (χ0n) is 16.3. The van der Waals surface area contributed by atoms with E-state index in [1.54, 1.807) is 30.3 Å². The third-order valence-corrected chi connectivity index (χ3v) is 4.78. The molecule has 2 aromatic rings. The van der Waals surface area contributed by atoms with E-state index in [4.69, 9.17) is 13.8 Å². The number of hydrogen-bond donors (Lipinski definition) is 1. The lowest BCUT2D eigenvalue weighted by atomic mass is 10.2. The van der Waals surface area contributed by atoms with E-state index >= 15 is 0 Å². The van der Waals surface area contributed by atoms with Crippen molar-refractivity contribution in [1.82, 2.24) is 5.32 Å². The van der Waals surface area contributed by atoms with Gasteiger partial charge in [0.2, 0.25) is 0 Å². The van der Waals surface area contributed by atoms with Crippen molar-refractivity contribution < 1.29 is 27.9 Å². The van der Waals surface area contributed by atoms with Crippen LogP contribution >= 0.6 is 8.25 Å². The average Bonchev–Trinajstić information content (AvgIpc) is 2.76. The van der Waals surface area contributed by atoms with Crippen LogP contribution in [0.1, 0.15) is 35.7 Å². The highest BCUT2D eigenvalue weighted by Gasteiger charge is 2.24. The fourth-order valence-corrected chi connectivity index (χ4v) is 3.02. The molecule has 29 heavy (non-hydrogen) atoms. The monoisotopic (exact) mass is 419 g/mol. The van der Waals surface area contributed by atoms with Crippen LogP contribution in [0.3, 0.4) is 0 Å². The molecule has 1 amide bonds. The van der Waals surface area contributed by atoms with Gasteiger partial charge in [-0.15, -0.1) is 0 Å². The first kappa shape index (κ1) is 22.8. The van der Waals surface area contributed by atoms with Crippen LogP contribution in [-0.4, -0.2) is 31.1 Å². The Hall–Kier alpha value is -2.47. The van der Waals surface area contributed by atoms with Crippen molar-refractivity contribution in [2.75, 3.05) is 13.2 Å². The standard InChI is InChI=1S/C21H26NO6P/c1-2-3-14-27-29(25)28-16-19(22-20(23)18-12-8-5-9-13-18)21(24)26-15-17-10-6-4-7-11-17/h4-13,19,29H,2-3,14-16H2,1H3,(H,22,23)/t19-/m0/s1. The van der Waals surface area contributed by atoms with Gasteiger partial charge in [-0.1, -0.05) is 61.9 Å². The normalized spacial score (nSPS) is 12.7. The molecule has 0 aliphatic carbocycles. The predicted molar refractivity (Wildman–Crippen MR) is 110 cm³/mol. The number of amides is 1. The molecule has 0 saturated carbocycles. The summed E-state index contributed by atoms with van der Waals surface area (Å²) in [5.41, 5.74) is 1.20. The van der Waals surface area contributed by atoms with Gasteiger partial charge in [-0.2, -0.15) is 0 Å². The minimum Gasteiger partial charge on any atom is -0.459 e. The number of ether oxygens (including phenoxy) is 1. The van der Waals surface area contributed by atoms with Crippen molar-refractivity contribution in [2.24, 2.45) is 0 Å². The van der Waals surface area contributed by atoms with Gasteiger partial charge < -0.3 is 19.1 Å². The molecule has 156 valence electrons. The van der Waals surface area contributed by atoms with Gasteiger partial charge >= 0.3 is 14.2 Å². The summed E-state index contributed by atoms with van der Waals surface area (Å²) in [6.45, 7) is 2.04. The molecule has 0 aromatic heterocycles. The third kappa shape index (κ3) is 8.60. The second-order valence-corrected chi connectivity index (χ2v) is 7.33. The van der Waals surface area contributed by atoms with E-state index in [9.17, 15) is 14.2 Å². The zero-order chi connectivity index (χ0) is 20.9. The van der Waals surface area contributed by atoms with Crippen molar-refractivity contribution in [1.29, 1.82) is 0 Å². The minimum atomic E-state index is -2.76. The molecule has 0 saturated heterocycles. The van der Waals surface area contributed by atoms with E-state index in [-0.39, 0.29) is 13.2 Å². The predicted octanol–water partition coefficient (Wildman–Crippen LogP) is 3.75. The number of carbonyl (C=O) groups excluding carboxylic acids is 2. The highest BCUT2D eigenvalue weighted by molar-refractivity contribution is 7.33. The lowest BCUT2D eigenvalue weighted by Crippen LogP contribution is -2.44. The van der Waals surface area contributed by atoms with Crippen LogP contribution in [-0.2, 0) is 29.8 Å². The Bertz CT molecular complexity index is 784. The first-order valence-electron chi connectivity index (χ1n) is 9.46. The smallest absolute Gasteiger partial charge is 0.331 e. The Morgan fingerprint density at radius 3 is 2.31 bits per heavy atom. The summed E-state index contributed by atoms with van der Waals surface area (Å²) in [5, 5.41) is 2.58. The number of hydrogen-bond acceptors (Lipinski definition) is 6. The lowest BCUT2D eigenvalue weighted by Gasteiger charge is -2.18. The van der Waals surface area contributed by atoms with Crippen molar-refractivity contribution in [3.05, 3.63) is 71.8 Å². The molecule has 0 bridgehead atoms. The minimum absolute atomic E-state index is 0.0551. The quantitative estimate of drug-likeness (QED) is 0.320. The van der Waals surface area contributed by atoms with Crippen molar-refractivity contribution in [2.45, 2.75) is 32.4 Å². The van der Waals surface area contributed by atoms with Crippen LogP contribution in [0.5, 0.6) is 0 Å². The van der Waals surface area contributed by atoms with E-state index in [2.05, 4.69) is 5.32 Å². The van der Waals surface area contributed by atoms with Crippen LogP contribution < -0.4 is 5.32 Å². The van der Waals surface area contributed by atoms with Gasteiger partial charge in [0.1, 0.15) is 6.61 Å². The Balaban J connectivity index is 1.96. The number of carbonyl (C=O) groups is 2. The van der Waals surface area contributed by atoms with E-state index in [1.807, 2.05) is 37.3 Å². The molecule has 0 radical (unpaired) electrons. The molecule has 0 spiro atoms. The van der Waals surface area contributed by atoms with Gasteiger partial charge in [0.25, 0.3) is 5.91 Å². The van der Waals surface area contributed by atoms with Gasteiger partial charge in [-0.25, -0.2) is 4.79 Å². The largest absolute Gasteiger partial charge is 0.459 e. The van der Waals surface area contributed by atoms with Crippen LogP contribution in [0, 0.1) is 0 Å². The molecule has 1 unspecified atom stereocenters. The third-order valence-electron chi connectivity index (χ3n) is 3.94. The molecular formula is C21H26NO6P. The molecule has 0 fully saturated rings. The highest BCUT2D eigenvalue weighted by atomic mass is 31.1. The molecular weight excluding hydrogens is 393 g/mol. The fraction of sp³-hybridized carbons (Fsp3) is 0.333. The van der Waals surface area contributed by atoms with Gasteiger partial charge in [0, 0.05) is 5.56 Å². The topological polar surface area (TPSA) is 90.9 Å². The number of unbranched alkanes of at least 4 members (excludes halogenated alkanes) is 1. The van der Waals surface area contributed by atoms with Crippen LogP contribution in [0.2, 0.25) is 0 Å². The maximum Gasteiger partial charge on any atom is 0.331 e. The summed E-state index contributed by atoms with van der Waals surface area (Å²) in [6, 6.07) is 16.5. The van der Waals surface area contributed by atoms with Gasteiger partial charge in [-0.3, -0.25) is 9.36 Å². The van der Waals surface area contributed by atoms with Crippen LogP contribution in [0.4, 0.5) is 0 Å². The fourth-order valence-electron chi connectivity index (χ4n) is 2.32. The number of nitrogens with one attached hydrogen (secondary N) is 1. The second kappa shape index (κ2) is 12.9. The van der Waals surface area contributed by atoms with Gasteiger partial charge in [0.15, 0.2) is 6.04 Å². The Morgan fingerprint density at radius 2 is 1.66 bits per heavy atom. The first-order valence-corrected chi connectivity index (χ1v) is 10.7. The van der Waals surface area contributed by atoms with Crippen LogP contribution in [0.25, 0.3) is 0 Å².